The maximum absolute atomic E-state index is 11.5. The van der Waals surface area contributed by atoms with E-state index in [-0.39, 0.29) is 17.4 Å². The number of sulfone groups is 1. The summed E-state index contributed by atoms with van der Waals surface area (Å²) in [5.41, 5.74) is -0.160. The van der Waals surface area contributed by atoms with Crippen LogP contribution in [0.5, 0.6) is 0 Å². The third-order valence-electron chi connectivity index (χ3n) is 4.18. The van der Waals surface area contributed by atoms with Crippen molar-refractivity contribution in [3.63, 3.8) is 0 Å². The van der Waals surface area contributed by atoms with E-state index < -0.39 is 9.84 Å². The number of nitrogens with one attached hydrogen (secondary N) is 1. The van der Waals surface area contributed by atoms with E-state index in [0.717, 1.165) is 25.8 Å². The van der Waals surface area contributed by atoms with Gasteiger partial charge in [0.2, 0.25) is 0 Å². The van der Waals surface area contributed by atoms with Gasteiger partial charge in [0.25, 0.3) is 0 Å². The molecule has 0 heterocycles. The lowest BCUT2D eigenvalue weighted by Gasteiger charge is -2.44. The van der Waals surface area contributed by atoms with Crippen LogP contribution in [0.25, 0.3) is 0 Å². The molecule has 0 saturated heterocycles. The van der Waals surface area contributed by atoms with E-state index in [9.17, 15) is 8.42 Å². The van der Waals surface area contributed by atoms with Crippen LogP contribution in [0, 0.1) is 0 Å². The molecule has 1 rings (SSSR count). The van der Waals surface area contributed by atoms with Crippen LogP contribution in [-0.4, -0.2) is 45.2 Å². The summed E-state index contributed by atoms with van der Waals surface area (Å²) in [5.74, 6) is 0.239. The zero-order valence-electron chi connectivity index (χ0n) is 13.3. The highest BCUT2D eigenvalue weighted by Gasteiger charge is 2.40. The molecule has 1 aliphatic carbocycles. The molecule has 1 atom stereocenters. The summed E-state index contributed by atoms with van der Waals surface area (Å²) < 4.78 is 29.1. The third kappa shape index (κ3) is 5.70. The lowest BCUT2D eigenvalue weighted by molar-refractivity contribution is -0.0903. The molecule has 120 valence electrons. The van der Waals surface area contributed by atoms with Crippen molar-refractivity contribution in [3.05, 3.63) is 0 Å². The molecule has 1 fully saturated rings. The van der Waals surface area contributed by atoms with Gasteiger partial charge in [-0.3, -0.25) is 0 Å². The predicted octanol–water partition coefficient (Wildman–Crippen LogP) is 2.53. The highest BCUT2D eigenvalue weighted by atomic mass is 32.2. The fraction of sp³-hybridized carbons (Fsp3) is 1.00. The van der Waals surface area contributed by atoms with E-state index in [2.05, 4.69) is 12.2 Å². The molecule has 0 amide bonds. The van der Waals surface area contributed by atoms with Crippen LogP contribution in [0.2, 0.25) is 0 Å². The largest absolute Gasteiger partial charge is 0.374 e. The van der Waals surface area contributed by atoms with Gasteiger partial charge in [0, 0.05) is 18.9 Å². The SMILES string of the molecule is CCCNC(CCS(C)(=O)=O)C1(OCC)CCCCC1. The van der Waals surface area contributed by atoms with Gasteiger partial charge in [0.1, 0.15) is 9.84 Å². The van der Waals surface area contributed by atoms with Gasteiger partial charge in [-0.15, -0.1) is 0 Å². The van der Waals surface area contributed by atoms with Crippen molar-refractivity contribution in [2.75, 3.05) is 25.2 Å². The van der Waals surface area contributed by atoms with Gasteiger partial charge in [-0.05, 0) is 39.2 Å². The molecule has 1 unspecified atom stereocenters. The monoisotopic (exact) mass is 305 g/mol. The van der Waals surface area contributed by atoms with Crippen molar-refractivity contribution in [1.82, 2.24) is 5.32 Å². The first-order valence-electron chi connectivity index (χ1n) is 7.98. The Morgan fingerprint density at radius 3 is 2.35 bits per heavy atom. The number of hydrogen-bond acceptors (Lipinski definition) is 4. The normalized spacial score (nSPS) is 20.8. The molecule has 0 aromatic heterocycles. The van der Waals surface area contributed by atoms with E-state index in [4.69, 9.17) is 4.74 Å². The van der Waals surface area contributed by atoms with Crippen LogP contribution in [0.15, 0.2) is 0 Å². The first-order chi connectivity index (χ1) is 9.43. The van der Waals surface area contributed by atoms with Gasteiger partial charge < -0.3 is 10.1 Å². The van der Waals surface area contributed by atoms with Crippen LogP contribution in [0.3, 0.4) is 0 Å². The van der Waals surface area contributed by atoms with Crippen LogP contribution >= 0.6 is 0 Å². The second-order valence-electron chi connectivity index (χ2n) is 5.98. The predicted molar refractivity (Wildman–Crippen MR) is 83.9 cm³/mol. The first-order valence-corrected chi connectivity index (χ1v) is 10.0. The molecule has 5 heteroatoms. The topological polar surface area (TPSA) is 55.4 Å². The molecule has 1 aliphatic rings. The fourth-order valence-corrected chi connectivity index (χ4v) is 3.90. The summed E-state index contributed by atoms with van der Waals surface area (Å²) in [7, 11) is -2.92. The van der Waals surface area contributed by atoms with Crippen molar-refractivity contribution in [3.8, 4) is 0 Å². The summed E-state index contributed by atoms with van der Waals surface area (Å²) in [6.07, 6.45) is 8.75. The second kappa shape index (κ2) is 8.35. The number of rotatable bonds is 9. The maximum Gasteiger partial charge on any atom is 0.147 e. The molecule has 1 N–H and O–H groups in total. The zero-order chi connectivity index (χ0) is 15.1. The van der Waals surface area contributed by atoms with Gasteiger partial charge >= 0.3 is 0 Å². The molecular weight excluding hydrogens is 274 g/mol. The first kappa shape index (κ1) is 17.9. The Morgan fingerprint density at radius 2 is 1.85 bits per heavy atom. The molecule has 20 heavy (non-hydrogen) atoms. The smallest absolute Gasteiger partial charge is 0.147 e. The summed E-state index contributed by atoms with van der Waals surface area (Å²) in [5, 5.41) is 3.55. The highest BCUT2D eigenvalue weighted by molar-refractivity contribution is 7.90. The molecule has 0 spiro atoms. The Hall–Kier alpha value is -0.130. The Labute approximate surface area is 124 Å². The summed E-state index contributed by atoms with van der Waals surface area (Å²) in [6, 6.07) is 0.150. The van der Waals surface area contributed by atoms with Crippen molar-refractivity contribution in [2.24, 2.45) is 0 Å². The lowest BCUT2D eigenvalue weighted by Crippen LogP contribution is -2.54. The summed E-state index contributed by atoms with van der Waals surface area (Å²) in [4.78, 5) is 0. The van der Waals surface area contributed by atoms with Crippen LogP contribution in [0.1, 0.15) is 58.8 Å². The zero-order valence-corrected chi connectivity index (χ0v) is 14.1. The van der Waals surface area contributed by atoms with E-state index in [1.807, 2.05) is 6.92 Å². The fourth-order valence-electron chi connectivity index (χ4n) is 3.23. The summed E-state index contributed by atoms with van der Waals surface area (Å²) >= 11 is 0. The average molecular weight is 305 g/mol. The standard InChI is InChI=1S/C15H31NO3S/c1-4-12-16-14(9-13-20(3,17)18)15(19-5-2)10-7-6-8-11-15/h14,16H,4-13H2,1-3H3. The van der Waals surface area contributed by atoms with Crippen molar-refractivity contribution >= 4 is 9.84 Å². The van der Waals surface area contributed by atoms with Gasteiger partial charge in [-0.25, -0.2) is 8.42 Å². The number of hydrogen-bond donors (Lipinski definition) is 1. The van der Waals surface area contributed by atoms with Crippen molar-refractivity contribution in [1.29, 1.82) is 0 Å². The van der Waals surface area contributed by atoms with Gasteiger partial charge in [-0.1, -0.05) is 26.2 Å². The maximum atomic E-state index is 11.5. The van der Waals surface area contributed by atoms with Gasteiger partial charge in [-0.2, -0.15) is 0 Å². The minimum atomic E-state index is -2.92. The molecule has 0 radical (unpaired) electrons. The van der Waals surface area contributed by atoms with E-state index >= 15 is 0 Å². The Morgan fingerprint density at radius 1 is 1.20 bits per heavy atom. The van der Waals surface area contributed by atoms with Crippen LogP contribution in [-0.2, 0) is 14.6 Å². The quantitative estimate of drug-likeness (QED) is 0.711. The second-order valence-corrected chi connectivity index (χ2v) is 8.24. The molecule has 1 saturated carbocycles. The molecule has 0 aromatic rings. The van der Waals surface area contributed by atoms with E-state index in [1.165, 1.54) is 25.5 Å². The molecule has 0 aliphatic heterocycles. The van der Waals surface area contributed by atoms with Crippen molar-refractivity contribution in [2.45, 2.75) is 70.4 Å². The molecule has 0 aromatic carbocycles. The average Bonchev–Trinajstić information content (AvgIpc) is 2.39. The Balaban J connectivity index is 2.79. The Bertz CT molecular complexity index is 356. The van der Waals surface area contributed by atoms with Crippen LogP contribution < -0.4 is 5.32 Å². The van der Waals surface area contributed by atoms with E-state index in [1.54, 1.807) is 0 Å². The van der Waals surface area contributed by atoms with E-state index in [0.29, 0.717) is 13.0 Å². The summed E-state index contributed by atoms with van der Waals surface area (Å²) in [6.45, 7) is 5.78. The lowest BCUT2D eigenvalue weighted by atomic mass is 9.78. The van der Waals surface area contributed by atoms with Crippen molar-refractivity contribution < 1.29 is 13.2 Å². The molecule has 0 bridgehead atoms. The minimum absolute atomic E-state index is 0.150. The van der Waals surface area contributed by atoms with Gasteiger partial charge in [0.15, 0.2) is 0 Å². The molecular formula is C15H31NO3S. The third-order valence-corrected chi connectivity index (χ3v) is 5.16. The highest BCUT2D eigenvalue weighted by Crippen LogP contribution is 2.36. The number of ether oxygens (including phenoxy) is 1. The Kier molecular flexibility index (Phi) is 7.48. The van der Waals surface area contributed by atoms with Gasteiger partial charge in [0.05, 0.1) is 11.4 Å². The minimum Gasteiger partial charge on any atom is -0.374 e. The molecule has 4 nitrogen and oxygen atoms in total. The van der Waals surface area contributed by atoms with Crippen LogP contribution in [0.4, 0.5) is 0 Å².